The summed E-state index contributed by atoms with van der Waals surface area (Å²) in [6.07, 6.45) is 0. The zero-order valence-corrected chi connectivity index (χ0v) is 18.8. The topological polar surface area (TPSA) is 73.4 Å². The van der Waals surface area contributed by atoms with E-state index in [1.165, 1.54) is 11.3 Å². The van der Waals surface area contributed by atoms with Crippen molar-refractivity contribution in [3.8, 4) is 23.0 Å². The average Bonchev–Trinajstić information content (AvgIpc) is 3.19. The van der Waals surface area contributed by atoms with Gasteiger partial charge in [0.2, 0.25) is 0 Å². The molecule has 0 atom stereocenters. The summed E-state index contributed by atoms with van der Waals surface area (Å²) >= 11 is 1.45. The number of carbonyl (C=O) groups is 1. The number of amides is 1. The first-order valence-electron chi connectivity index (χ1n) is 9.88. The normalized spacial score (nSPS) is 12.8. The van der Waals surface area contributed by atoms with Crippen molar-refractivity contribution in [1.29, 1.82) is 0 Å². The maximum Gasteiger partial charge on any atom is 0.260 e. The highest BCUT2D eigenvalue weighted by molar-refractivity contribution is 7.22. The Balaban J connectivity index is 1.73. The lowest BCUT2D eigenvalue weighted by Crippen LogP contribution is -2.36. The van der Waals surface area contributed by atoms with E-state index >= 15 is 0 Å². The number of likely N-dealkylation sites (N-methyl/N-ethyl adjacent to an activating group) is 1. The first-order valence-corrected chi connectivity index (χ1v) is 10.7. The van der Waals surface area contributed by atoms with Crippen molar-refractivity contribution in [1.82, 2.24) is 9.88 Å². The van der Waals surface area contributed by atoms with Crippen LogP contribution in [0.5, 0.6) is 23.0 Å². The van der Waals surface area contributed by atoms with E-state index in [-0.39, 0.29) is 5.91 Å². The summed E-state index contributed by atoms with van der Waals surface area (Å²) in [6.45, 7) is 2.21. The first-order chi connectivity index (χ1) is 15.0. The Morgan fingerprint density at radius 3 is 2.26 bits per heavy atom. The number of methoxy groups -OCH3 is 2. The lowest BCUT2D eigenvalue weighted by Gasteiger charge is -2.22. The van der Waals surface area contributed by atoms with Gasteiger partial charge in [-0.3, -0.25) is 9.69 Å². The summed E-state index contributed by atoms with van der Waals surface area (Å²) < 4.78 is 23.0. The molecule has 0 saturated carbocycles. The fourth-order valence-corrected chi connectivity index (χ4v) is 4.24. The minimum absolute atomic E-state index is 0.171. The molecular weight excluding hydrogens is 418 g/mol. The minimum atomic E-state index is -0.171. The summed E-state index contributed by atoms with van der Waals surface area (Å²) in [4.78, 5) is 22.0. The molecule has 1 aliphatic rings. The van der Waals surface area contributed by atoms with Crippen LogP contribution in [0, 0.1) is 0 Å². The number of hydrogen-bond acceptors (Lipinski definition) is 8. The molecule has 0 radical (unpaired) electrons. The molecule has 8 nitrogen and oxygen atoms in total. The van der Waals surface area contributed by atoms with Gasteiger partial charge in [-0.1, -0.05) is 11.3 Å². The zero-order chi connectivity index (χ0) is 22.0. The summed E-state index contributed by atoms with van der Waals surface area (Å²) in [5, 5.41) is 0.617. The first kappa shape index (κ1) is 21.2. The number of rotatable bonds is 7. The molecule has 2 heterocycles. The van der Waals surface area contributed by atoms with Gasteiger partial charge in [0.05, 0.1) is 24.4 Å². The van der Waals surface area contributed by atoms with Crippen LogP contribution in [0.2, 0.25) is 0 Å². The Morgan fingerprint density at radius 1 is 1.00 bits per heavy atom. The molecule has 9 heteroatoms. The lowest BCUT2D eigenvalue weighted by molar-refractivity contribution is 0.0984. The fourth-order valence-electron chi connectivity index (χ4n) is 3.24. The van der Waals surface area contributed by atoms with E-state index in [0.29, 0.717) is 60.0 Å². The number of aromatic nitrogens is 1. The van der Waals surface area contributed by atoms with Gasteiger partial charge < -0.3 is 23.8 Å². The van der Waals surface area contributed by atoms with E-state index < -0.39 is 0 Å². The Bertz CT molecular complexity index is 1030. The number of benzene rings is 2. The Labute approximate surface area is 184 Å². The SMILES string of the molecule is COc1cc(OC)cc(C(=O)N(CCN(C)C)c2nc3cc4c(cc3s2)OCCO4)c1. The van der Waals surface area contributed by atoms with Gasteiger partial charge in [-0.2, -0.15) is 0 Å². The predicted molar refractivity (Wildman–Crippen MR) is 120 cm³/mol. The van der Waals surface area contributed by atoms with Gasteiger partial charge in [-0.05, 0) is 26.2 Å². The van der Waals surface area contributed by atoms with Gasteiger partial charge in [0.1, 0.15) is 24.7 Å². The van der Waals surface area contributed by atoms with Crippen LogP contribution in [0.3, 0.4) is 0 Å². The molecule has 3 aromatic rings. The second-order valence-corrected chi connectivity index (χ2v) is 8.33. The molecule has 0 bridgehead atoms. The predicted octanol–water partition coefficient (Wildman–Crippen LogP) is 3.29. The third-order valence-corrected chi connectivity index (χ3v) is 5.93. The fraction of sp³-hybridized carbons (Fsp3) is 0.364. The van der Waals surface area contributed by atoms with E-state index in [4.69, 9.17) is 23.9 Å². The highest BCUT2D eigenvalue weighted by atomic mass is 32.1. The van der Waals surface area contributed by atoms with Crippen LogP contribution in [0.15, 0.2) is 30.3 Å². The quantitative estimate of drug-likeness (QED) is 0.555. The van der Waals surface area contributed by atoms with Crippen LogP contribution < -0.4 is 23.8 Å². The van der Waals surface area contributed by atoms with Gasteiger partial charge in [0.15, 0.2) is 16.6 Å². The van der Waals surface area contributed by atoms with Crippen LogP contribution in [0.25, 0.3) is 10.2 Å². The Hall–Kier alpha value is -3.04. The summed E-state index contributed by atoms with van der Waals surface area (Å²) in [7, 11) is 7.06. The second kappa shape index (κ2) is 8.99. The van der Waals surface area contributed by atoms with Crippen LogP contribution in [0.1, 0.15) is 10.4 Å². The van der Waals surface area contributed by atoms with Crippen LogP contribution in [-0.2, 0) is 0 Å². The Morgan fingerprint density at radius 2 is 1.65 bits per heavy atom. The van der Waals surface area contributed by atoms with Crippen molar-refractivity contribution in [2.24, 2.45) is 0 Å². The molecule has 0 spiro atoms. The van der Waals surface area contributed by atoms with Crippen molar-refractivity contribution >= 4 is 32.6 Å². The summed E-state index contributed by atoms with van der Waals surface area (Å²) in [6, 6.07) is 8.95. The largest absolute Gasteiger partial charge is 0.497 e. The number of thiazole rings is 1. The number of ether oxygens (including phenoxy) is 4. The Kier molecular flexibility index (Phi) is 6.15. The summed E-state index contributed by atoms with van der Waals surface area (Å²) in [5.74, 6) is 2.33. The van der Waals surface area contributed by atoms with Crippen molar-refractivity contribution in [2.75, 3.05) is 59.5 Å². The van der Waals surface area contributed by atoms with E-state index in [2.05, 4.69) is 0 Å². The molecule has 164 valence electrons. The third-order valence-electron chi connectivity index (χ3n) is 4.89. The van der Waals surface area contributed by atoms with Gasteiger partial charge in [-0.15, -0.1) is 0 Å². The van der Waals surface area contributed by atoms with Gasteiger partial charge in [0, 0.05) is 36.9 Å². The van der Waals surface area contributed by atoms with Gasteiger partial charge >= 0.3 is 0 Å². The van der Waals surface area contributed by atoms with E-state index in [0.717, 1.165) is 10.2 Å². The van der Waals surface area contributed by atoms with E-state index in [1.807, 2.05) is 31.1 Å². The molecule has 2 aromatic carbocycles. The highest BCUT2D eigenvalue weighted by Gasteiger charge is 2.24. The standard InChI is InChI=1S/C22H25N3O5S/c1-24(2)5-6-25(21(26)14-9-15(27-3)11-16(10-14)28-4)22-23-17-12-18-19(13-20(17)31-22)30-8-7-29-18/h9-13H,5-8H2,1-4H3. The minimum Gasteiger partial charge on any atom is -0.497 e. The zero-order valence-electron chi connectivity index (χ0n) is 18.0. The number of nitrogens with zero attached hydrogens (tertiary/aromatic N) is 3. The van der Waals surface area contributed by atoms with Crippen LogP contribution >= 0.6 is 11.3 Å². The number of fused-ring (bicyclic) bond motifs is 2. The maximum atomic E-state index is 13.5. The van der Waals surface area contributed by atoms with Crippen molar-refractivity contribution < 1.29 is 23.7 Å². The molecule has 4 rings (SSSR count). The molecule has 1 aliphatic heterocycles. The van der Waals surface area contributed by atoms with Crippen molar-refractivity contribution in [3.63, 3.8) is 0 Å². The highest BCUT2D eigenvalue weighted by Crippen LogP contribution is 2.39. The van der Waals surface area contributed by atoms with Gasteiger partial charge in [-0.25, -0.2) is 4.98 Å². The smallest absolute Gasteiger partial charge is 0.260 e. The number of hydrogen-bond donors (Lipinski definition) is 0. The molecule has 0 saturated heterocycles. The van der Waals surface area contributed by atoms with Crippen LogP contribution in [-0.4, -0.2) is 70.4 Å². The van der Waals surface area contributed by atoms with E-state index in [9.17, 15) is 4.79 Å². The molecule has 0 unspecified atom stereocenters. The molecule has 31 heavy (non-hydrogen) atoms. The molecule has 1 aromatic heterocycles. The van der Waals surface area contributed by atoms with Crippen LogP contribution in [0.4, 0.5) is 5.13 Å². The maximum absolute atomic E-state index is 13.5. The van der Waals surface area contributed by atoms with E-state index in [1.54, 1.807) is 37.3 Å². The molecular formula is C22H25N3O5S. The average molecular weight is 444 g/mol. The van der Waals surface area contributed by atoms with Crippen molar-refractivity contribution in [3.05, 3.63) is 35.9 Å². The lowest BCUT2D eigenvalue weighted by atomic mass is 10.1. The second-order valence-electron chi connectivity index (χ2n) is 7.32. The molecule has 0 fully saturated rings. The van der Waals surface area contributed by atoms with Gasteiger partial charge in [0.25, 0.3) is 5.91 Å². The summed E-state index contributed by atoms with van der Waals surface area (Å²) in [5.41, 5.74) is 1.25. The molecule has 0 N–H and O–H groups in total. The number of anilines is 1. The third kappa shape index (κ3) is 4.52. The molecule has 1 amide bonds. The molecule has 0 aliphatic carbocycles. The van der Waals surface area contributed by atoms with Crippen molar-refractivity contribution in [2.45, 2.75) is 0 Å². The monoisotopic (exact) mass is 443 g/mol. The number of carbonyl (C=O) groups excluding carboxylic acids is 1.